The maximum atomic E-state index is 10.1. The Labute approximate surface area is 74.9 Å². The van der Waals surface area contributed by atoms with Crippen LogP contribution in [0, 0.1) is 10.8 Å². The molecule has 0 aromatic heterocycles. The molecule has 2 nitrogen and oxygen atoms in total. The highest BCUT2D eigenvalue weighted by Crippen LogP contribution is 2.42. The van der Waals surface area contributed by atoms with Crippen LogP contribution in [0.15, 0.2) is 0 Å². The van der Waals surface area contributed by atoms with Gasteiger partial charge in [0.05, 0.1) is 18.8 Å². The second kappa shape index (κ2) is 2.71. The summed E-state index contributed by atoms with van der Waals surface area (Å²) in [7, 11) is 0. The third kappa shape index (κ3) is 1.38. The van der Waals surface area contributed by atoms with Gasteiger partial charge in [-0.3, -0.25) is 0 Å². The van der Waals surface area contributed by atoms with Crippen LogP contribution in [-0.2, 0) is 4.74 Å². The molecule has 1 unspecified atom stereocenters. The lowest BCUT2D eigenvalue weighted by Crippen LogP contribution is -2.55. The summed E-state index contributed by atoms with van der Waals surface area (Å²) in [6, 6.07) is 0. The van der Waals surface area contributed by atoms with Gasteiger partial charge in [0.2, 0.25) is 0 Å². The fraction of sp³-hybridized carbons (Fsp3) is 1.00. The Hall–Kier alpha value is -0.0800. The van der Waals surface area contributed by atoms with Crippen molar-refractivity contribution in [3.8, 4) is 0 Å². The van der Waals surface area contributed by atoms with E-state index in [1.807, 2.05) is 20.8 Å². The third-order valence-corrected chi connectivity index (χ3v) is 3.20. The van der Waals surface area contributed by atoms with Gasteiger partial charge in [-0.1, -0.05) is 27.7 Å². The molecule has 0 spiro atoms. The van der Waals surface area contributed by atoms with Crippen LogP contribution in [0.25, 0.3) is 0 Å². The molecule has 1 aliphatic heterocycles. The van der Waals surface area contributed by atoms with E-state index in [1.165, 1.54) is 0 Å². The van der Waals surface area contributed by atoms with Gasteiger partial charge < -0.3 is 9.84 Å². The van der Waals surface area contributed by atoms with Gasteiger partial charge >= 0.3 is 0 Å². The monoisotopic (exact) mass is 172 g/mol. The van der Waals surface area contributed by atoms with Gasteiger partial charge in [0.15, 0.2) is 0 Å². The summed E-state index contributed by atoms with van der Waals surface area (Å²) in [6.07, 6.45) is -0.144. The lowest BCUT2D eigenvalue weighted by Gasteiger charge is -2.49. The molecule has 0 bridgehead atoms. The van der Waals surface area contributed by atoms with Crippen molar-refractivity contribution in [2.24, 2.45) is 10.8 Å². The fourth-order valence-electron chi connectivity index (χ4n) is 1.86. The molecule has 1 fully saturated rings. The van der Waals surface area contributed by atoms with Crippen molar-refractivity contribution in [1.29, 1.82) is 0 Å². The van der Waals surface area contributed by atoms with Crippen LogP contribution in [0.5, 0.6) is 0 Å². The van der Waals surface area contributed by atoms with Gasteiger partial charge in [0, 0.05) is 10.8 Å². The smallest absolute Gasteiger partial charge is 0.0688 e. The van der Waals surface area contributed by atoms with Crippen LogP contribution in [0.3, 0.4) is 0 Å². The van der Waals surface area contributed by atoms with Crippen LogP contribution in [0.1, 0.15) is 34.6 Å². The van der Waals surface area contributed by atoms with E-state index in [0.717, 1.165) is 0 Å². The minimum atomic E-state index is -0.284. The molecular formula is C10H20O2. The van der Waals surface area contributed by atoms with Crippen molar-refractivity contribution in [3.05, 3.63) is 0 Å². The minimum absolute atomic E-state index is 0.115. The molecule has 1 heterocycles. The average Bonchev–Trinajstić information content (AvgIpc) is 1.96. The van der Waals surface area contributed by atoms with Crippen LogP contribution in [0.4, 0.5) is 0 Å². The number of ether oxygens (including phenoxy) is 1. The molecule has 1 saturated heterocycles. The molecule has 0 aliphatic carbocycles. The normalized spacial score (nSPS) is 39.5. The minimum Gasteiger partial charge on any atom is -0.392 e. The van der Waals surface area contributed by atoms with Crippen molar-refractivity contribution >= 4 is 0 Å². The van der Waals surface area contributed by atoms with E-state index >= 15 is 0 Å². The van der Waals surface area contributed by atoms with Crippen LogP contribution in [0.2, 0.25) is 0 Å². The Morgan fingerprint density at radius 2 is 1.75 bits per heavy atom. The molecule has 2 heteroatoms. The van der Waals surface area contributed by atoms with Crippen molar-refractivity contribution in [2.45, 2.75) is 46.8 Å². The van der Waals surface area contributed by atoms with E-state index in [9.17, 15) is 5.11 Å². The predicted molar refractivity (Wildman–Crippen MR) is 49.0 cm³/mol. The number of aliphatic hydroxyl groups is 1. The number of rotatable bonds is 0. The molecule has 2 atom stereocenters. The fourth-order valence-corrected chi connectivity index (χ4v) is 1.86. The Morgan fingerprint density at radius 1 is 1.25 bits per heavy atom. The predicted octanol–water partition coefficient (Wildman–Crippen LogP) is 1.82. The first-order valence-electron chi connectivity index (χ1n) is 4.58. The number of aliphatic hydroxyl groups excluding tert-OH is 1. The second-order valence-corrected chi connectivity index (χ2v) is 5.17. The first-order chi connectivity index (χ1) is 5.28. The quantitative estimate of drug-likeness (QED) is 0.604. The standard InChI is InChI=1S/C10H20O2/c1-7-10(4,5)8(11)9(2,3)6-12-7/h7-8,11H,6H2,1-5H3/t7?,8-/m1/s1. The molecule has 72 valence electrons. The summed E-state index contributed by atoms with van der Waals surface area (Å²) in [4.78, 5) is 0. The summed E-state index contributed by atoms with van der Waals surface area (Å²) >= 11 is 0. The molecule has 0 radical (unpaired) electrons. The lowest BCUT2D eigenvalue weighted by atomic mass is 9.68. The van der Waals surface area contributed by atoms with E-state index < -0.39 is 0 Å². The topological polar surface area (TPSA) is 29.5 Å². The molecule has 0 saturated carbocycles. The van der Waals surface area contributed by atoms with Gasteiger partial charge in [-0.05, 0) is 6.92 Å². The van der Waals surface area contributed by atoms with Gasteiger partial charge in [-0.2, -0.15) is 0 Å². The molecular weight excluding hydrogens is 152 g/mol. The molecule has 0 aromatic carbocycles. The summed E-state index contributed by atoms with van der Waals surface area (Å²) in [6.45, 7) is 10.9. The largest absolute Gasteiger partial charge is 0.392 e. The summed E-state index contributed by atoms with van der Waals surface area (Å²) in [5, 5.41) is 10.1. The first kappa shape index (κ1) is 10.0. The van der Waals surface area contributed by atoms with E-state index in [0.29, 0.717) is 6.61 Å². The lowest BCUT2D eigenvalue weighted by molar-refractivity contribution is -0.193. The van der Waals surface area contributed by atoms with E-state index in [1.54, 1.807) is 0 Å². The van der Waals surface area contributed by atoms with E-state index in [4.69, 9.17) is 4.74 Å². The maximum Gasteiger partial charge on any atom is 0.0688 e. The first-order valence-corrected chi connectivity index (χ1v) is 4.58. The highest BCUT2D eigenvalue weighted by atomic mass is 16.5. The number of hydrogen-bond acceptors (Lipinski definition) is 2. The van der Waals surface area contributed by atoms with Crippen LogP contribution < -0.4 is 0 Å². The van der Waals surface area contributed by atoms with E-state index in [-0.39, 0.29) is 23.0 Å². The van der Waals surface area contributed by atoms with Crippen LogP contribution in [-0.4, -0.2) is 23.9 Å². The molecule has 12 heavy (non-hydrogen) atoms. The molecule has 0 amide bonds. The zero-order valence-corrected chi connectivity index (χ0v) is 8.72. The van der Waals surface area contributed by atoms with Gasteiger partial charge in [-0.15, -0.1) is 0 Å². The summed E-state index contributed by atoms with van der Waals surface area (Å²) in [5.74, 6) is 0. The Balaban J connectivity index is 2.86. The third-order valence-electron chi connectivity index (χ3n) is 3.20. The van der Waals surface area contributed by atoms with E-state index in [2.05, 4.69) is 13.8 Å². The van der Waals surface area contributed by atoms with Crippen molar-refractivity contribution in [2.75, 3.05) is 6.61 Å². The number of hydrogen-bond donors (Lipinski definition) is 1. The Bertz CT molecular complexity index is 173. The average molecular weight is 172 g/mol. The highest BCUT2D eigenvalue weighted by Gasteiger charge is 2.47. The van der Waals surface area contributed by atoms with Gasteiger partial charge in [0.25, 0.3) is 0 Å². The molecule has 1 rings (SSSR count). The molecule has 1 aliphatic rings. The van der Waals surface area contributed by atoms with Crippen molar-refractivity contribution in [3.63, 3.8) is 0 Å². The Kier molecular flexibility index (Phi) is 2.26. The SMILES string of the molecule is CC1OCC(C)(C)[C@@H](O)C1(C)C. The Morgan fingerprint density at radius 3 is 2.17 bits per heavy atom. The van der Waals surface area contributed by atoms with Crippen molar-refractivity contribution in [1.82, 2.24) is 0 Å². The van der Waals surface area contributed by atoms with Crippen LogP contribution >= 0.6 is 0 Å². The zero-order chi connectivity index (χ0) is 9.57. The van der Waals surface area contributed by atoms with Crippen molar-refractivity contribution < 1.29 is 9.84 Å². The van der Waals surface area contributed by atoms with Gasteiger partial charge in [-0.25, -0.2) is 0 Å². The molecule has 1 N–H and O–H groups in total. The highest BCUT2D eigenvalue weighted by molar-refractivity contribution is 4.96. The summed E-state index contributed by atoms with van der Waals surface area (Å²) < 4.78 is 5.62. The van der Waals surface area contributed by atoms with Gasteiger partial charge in [0.1, 0.15) is 0 Å². The second-order valence-electron chi connectivity index (χ2n) is 5.17. The molecule has 0 aromatic rings. The summed E-state index contributed by atoms with van der Waals surface area (Å²) in [5.41, 5.74) is -0.252. The maximum absolute atomic E-state index is 10.1. The zero-order valence-electron chi connectivity index (χ0n) is 8.72.